The van der Waals surface area contributed by atoms with Crippen molar-refractivity contribution in [3.63, 3.8) is 0 Å². The zero-order valence-corrected chi connectivity index (χ0v) is 13.9. The van der Waals surface area contributed by atoms with Crippen molar-refractivity contribution >= 4 is 5.91 Å². The van der Waals surface area contributed by atoms with Gasteiger partial charge in [0.25, 0.3) is 0 Å². The van der Waals surface area contributed by atoms with Crippen LogP contribution in [0.25, 0.3) is 0 Å². The maximum atomic E-state index is 12.4. The molecule has 0 aliphatic rings. The Kier molecular flexibility index (Phi) is 6.75. The third-order valence-corrected chi connectivity index (χ3v) is 3.47. The Morgan fingerprint density at radius 2 is 2.04 bits per heavy atom. The molecule has 0 aliphatic heterocycles. The number of likely N-dealkylation sites (N-methyl/N-ethyl adjacent to an activating group) is 1. The molecule has 0 bridgehead atoms. The fraction of sp³-hybridized carbons (Fsp3) is 0.562. The average molecular weight is 330 g/mol. The third-order valence-electron chi connectivity index (χ3n) is 3.47. The number of carbonyl (C=O) groups excluding carboxylic acids is 1. The largest absolute Gasteiger partial charge is 0.493 e. The van der Waals surface area contributed by atoms with Gasteiger partial charge in [0.1, 0.15) is 0 Å². The summed E-state index contributed by atoms with van der Waals surface area (Å²) in [6.07, 6.45) is 1.36. The minimum absolute atomic E-state index is 0.0649. The molecule has 1 amide bonds. The lowest BCUT2D eigenvalue weighted by Crippen LogP contribution is -2.51. The monoisotopic (exact) mass is 330 g/mol. The van der Waals surface area contributed by atoms with Crippen LogP contribution in [0, 0.1) is 0 Å². The van der Waals surface area contributed by atoms with Crippen LogP contribution < -0.4 is 15.2 Å². The summed E-state index contributed by atoms with van der Waals surface area (Å²) in [5.74, 6) is -0.0610. The summed E-state index contributed by atoms with van der Waals surface area (Å²) >= 11 is 0. The van der Waals surface area contributed by atoms with Crippen molar-refractivity contribution in [2.45, 2.75) is 45.4 Å². The second-order valence-corrected chi connectivity index (χ2v) is 5.69. The van der Waals surface area contributed by atoms with Crippen LogP contribution >= 0.6 is 0 Å². The summed E-state index contributed by atoms with van der Waals surface area (Å²) in [6.45, 7) is 0.930. The summed E-state index contributed by atoms with van der Waals surface area (Å²) in [5, 5.41) is 0. The van der Waals surface area contributed by atoms with Gasteiger partial charge in [-0.3, -0.25) is 4.79 Å². The lowest BCUT2D eigenvalue weighted by molar-refractivity contribution is -0.135. The van der Waals surface area contributed by atoms with E-state index in [2.05, 4.69) is 4.74 Å². The molecule has 0 heterocycles. The number of carbonyl (C=O) groups is 1. The number of amides is 1. The van der Waals surface area contributed by atoms with Gasteiger partial charge in [-0.2, -0.15) is 8.78 Å². The molecule has 7 heteroatoms. The second kappa shape index (κ2) is 8.10. The molecule has 0 saturated heterocycles. The van der Waals surface area contributed by atoms with Gasteiger partial charge in [-0.25, -0.2) is 0 Å². The van der Waals surface area contributed by atoms with Gasteiger partial charge in [-0.15, -0.1) is 0 Å². The average Bonchev–Trinajstić information content (AvgIpc) is 2.46. The Morgan fingerprint density at radius 1 is 1.39 bits per heavy atom. The van der Waals surface area contributed by atoms with Crippen molar-refractivity contribution in [2.24, 2.45) is 5.73 Å². The Labute approximate surface area is 135 Å². The third kappa shape index (κ3) is 5.35. The van der Waals surface area contributed by atoms with Crippen molar-refractivity contribution in [3.05, 3.63) is 23.8 Å². The molecule has 0 fully saturated rings. The standard InChI is InChI=1S/C16H24F2N2O3/c1-5-8-16(2,19)14(21)20(3)10-11-6-7-12(22-4)13(9-11)23-15(17)18/h6-7,9,15H,5,8,10,19H2,1-4H3. The first kappa shape index (κ1) is 19.2. The smallest absolute Gasteiger partial charge is 0.387 e. The van der Waals surface area contributed by atoms with Gasteiger partial charge in [0.15, 0.2) is 11.5 Å². The predicted octanol–water partition coefficient (Wildman–Crippen LogP) is 2.77. The highest BCUT2D eigenvalue weighted by Gasteiger charge is 2.30. The summed E-state index contributed by atoms with van der Waals surface area (Å²) in [4.78, 5) is 13.8. The minimum Gasteiger partial charge on any atom is -0.493 e. The fourth-order valence-electron chi connectivity index (χ4n) is 2.42. The second-order valence-electron chi connectivity index (χ2n) is 5.69. The Morgan fingerprint density at radius 3 is 2.57 bits per heavy atom. The number of hydrogen-bond acceptors (Lipinski definition) is 4. The van der Waals surface area contributed by atoms with Crippen LogP contribution in [0.1, 0.15) is 32.3 Å². The highest BCUT2D eigenvalue weighted by molar-refractivity contribution is 5.85. The van der Waals surface area contributed by atoms with E-state index < -0.39 is 12.2 Å². The predicted molar refractivity (Wildman–Crippen MR) is 83.6 cm³/mol. The molecule has 0 radical (unpaired) electrons. The van der Waals surface area contributed by atoms with Crippen LogP contribution in [0.3, 0.4) is 0 Å². The molecular weight excluding hydrogens is 306 g/mol. The number of hydrogen-bond donors (Lipinski definition) is 1. The van der Waals surface area contributed by atoms with Crippen molar-refractivity contribution in [2.75, 3.05) is 14.2 Å². The van der Waals surface area contributed by atoms with E-state index in [0.717, 1.165) is 6.42 Å². The van der Waals surface area contributed by atoms with Gasteiger partial charge < -0.3 is 20.1 Å². The van der Waals surface area contributed by atoms with Crippen LogP contribution in [-0.4, -0.2) is 37.1 Å². The molecular formula is C16H24F2N2O3. The number of nitrogens with zero attached hydrogens (tertiary/aromatic N) is 1. The molecule has 130 valence electrons. The SMILES string of the molecule is CCCC(C)(N)C(=O)N(C)Cc1ccc(OC)c(OC(F)F)c1. The van der Waals surface area contributed by atoms with Crippen molar-refractivity contribution in [1.82, 2.24) is 4.90 Å². The van der Waals surface area contributed by atoms with Gasteiger partial charge in [0, 0.05) is 13.6 Å². The number of benzene rings is 1. The number of halogens is 2. The summed E-state index contributed by atoms with van der Waals surface area (Å²) < 4.78 is 34.3. The summed E-state index contributed by atoms with van der Waals surface area (Å²) in [6, 6.07) is 4.65. The first-order valence-corrected chi connectivity index (χ1v) is 7.37. The van der Waals surface area contributed by atoms with Crippen LogP contribution in [0.5, 0.6) is 11.5 Å². The number of nitrogens with two attached hydrogens (primary N) is 1. The quantitative estimate of drug-likeness (QED) is 0.796. The van der Waals surface area contributed by atoms with E-state index in [1.54, 1.807) is 20.0 Å². The van der Waals surface area contributed by atoms with Crippen molar-refractivity contribution in [3.8, 4) is 11.5 Å². The van der Waals surface area contributed by atoms with E-state index in [1.807, 2.05) is 6.92 Å². The molecule has 5 nitrogen and oxygen atoms in total. The van der Waals surface area contributed by atoms with E-state index in [0.29, 0.717) is 12.0 Å². The van der Waals surface area contributed by atoms with Crippen LogP contribution in [0.15, 0.2) is 18.2 Å². The number of ether oxygens (including phenoxy) is 2. The number of alkyl halides is 2. The Bertz CT molecular complexity index is 536. The normalized spacial score (nSPS) is 13.6. The summed E-state index contributed by atoms with van der Waals surface area (Å²) in [7, 11) is 2.99. The van der Waals surface area contributed by atoms with E-state index >= 15 is 0 Å². The van der Waals surface area contributed by atoms with E-state index in [9.17, 15) is 13.6 Å². The molecule has 1 unspecified atom stereocenters. The molecule has 1 rings (SSSR count). The first-order valence-electron chi connectivity index (χ1n) is 7.37. The highest BCUT2D eigenvalue weighted by Crippen LogP contribution is 2.30. The molecule has 0 aromatic heterocycles. The zero-order valence-electron chi connectivity index (χ0n) is 13.9. The topological polar surface area (TPSA) is 64.8 Å². The minimum atomic E-state index is -2.95. The van der Waals surface area contributed by atoms with Crippen LogP contribution in [0.2, 0.25) is 0 Å². The maximum Gasteiger partial charge on any atom is 0.387 e. The van der Waals surface area contributed by atoms with Gasteiger partial charge in [0.2, 0.25) is 5.91 Å². The van der Waals surface area contributed by atoms with Crippen LogP contribution in [-0.2, 0) is 11.3 Å². The lowest BCUT2D eigenvalue weighted by Gasteiger charge is -2.29. The number of rotatable bonds is 8. The molecule has 0 saturated carbocycles. The molecule has 23 heavy (non-hydrogen) atoms. The molecule has 2 N–H and O–H groups in total. The Hall–Kier alpha value is -1.89. The van der Waals surface area contributed by atoms with Gasteiger partial charge in [-0.05, 0) is 31.0 Å². The highest BCUT2D eigenvalue weighted by atomic mass is 19.3. The fourth-order valence-corrected chi connectivity index (χ4v) is 2.42. The van der Waals surface area contributed by atoms with E-state index in [4.69, 9.17) is 10.5 Å². The maximum absolute atomic E-state index is 12.4. The molecule has 0 aliphatic carbocycles. The molecule has 0 spiro atoms. The van der Waals surface area contributed by atoms with E-state index in [1.165, 1.54) is 24.1 Å². The molecule has 1 aromatic carbocycles. The first-order chi connectivity index (χ1) is 10.7. The molecule has 1 atom stereocenters. The van der Waals surface area contributed by atoms with Crippen molar-refractivity contribution in [1.29, 1.82) is 0 Å². The lowest BCUT2D eigenvalue weighted by atomic mass is 9.95. The van der Waals surface area contributed by atoms with Crippen LogP contribution in [0.4, 0.5) is 8.78 Å². The van der Waals surface area contributed by atoms with E-state index in [-0.39, 0.29) is 24.0 Å². The number of methoxy groups -OCH3 is 1. The Balaban J connectivity index is 2.89. The van der Waals surface area contributed by atoms with Gasteiger partial charge in [-0.1, -0.05) is 19.4 Å². The summed E-state index contributed by atoms with van der Waals surface area (Å²) in [5.41, 5.74) is 5.73. The zero-order chi connectivity index (χ0) is 17.6. The van der Waals surface area contributed by atoms with Gasteiger partial charge >= 0.3 is 6.61 Å². The van der Waals surface area contributed by atoms with Crippen molar-refractivity contribution < 1.29 is 23.0 Å². The molecule has 1 aromatic rings. The van der Waals surface area contributed by atoms with Gasteiger partial charge in [0.05, 0.1) is 12.6 Å².